The van der Waals surface area contributed by atoms with E-state index < -0.39 is 0 Å². The number of rotatable bonds is 9. The molecule has 3 aromatic carbocycles. The summed E-state index contributed by atoms with van der Waals surface area (Å²) in [5.41, 5.74) is 4.60. The van der Waals surface area contributed by atoms with Gasteiger partial charge in [-0.2, -0.15) is 0 Å². The number of methoxy groups -OCH3 is 1. The first kappa shape index (κ1) is 21.5. The lowest BCUT2D eigenvalue weighted by Gasteiger charge is -2.14. The number of ether oxygens (including phenoxy) is 2. The maximum atomic E-state index is 6.22. The number of halogens is 2. The first-order valence-electron chi connectivity index (χ1n) is 9.55. The highest BCUT2D eigenvalue weighted by atomic mass is 35.5. The monoisotopic (exact) mass is 429 g/mol. The van der Waals surface area contributed by atoms with Gasteiger partial charge in [-0.15, -0.1) is 0 Å². The summed E-state index contributed by atoms with van der Waals surface area (Å²) in [5.74, 6) is 1.48. The number of hydrogen-bond donors (Lipinski definition) is 1. The van der Waals surface area contributed by atoms with Crippen LogP contribution in [0, 0.1) is 6.92 Å². The third-order valence-electron chi connectivity index (χ3n) is 4.79. The van der Waals surface area contributed by atoms with E-state index in [9.17, 15) is 0 Å². The SMILES string of the molecule is COc1cc(CNCCc2ccc(Cl)cc2Cl)ccc1OCc1ccccc1C. The quantitative estimate of drug-likeness (QED) is 0.409. The van der Waals surface area contributed by atoms with Crippen LogP contribution in [-0.2, 0) is 19.6 Å². The van der Waals surface area contributed by atoms with Crippen molar-refractivity contribution in [1.29, 1.82) is 0 Å². The van der Waals surface area contributed by atoms with E-state index in [4.69, 9.17) is 32.7 Å². The Hall–Kier alpha value is -2.20. The molecule has 0 saturated heterocycles. The van der Waals surface area contributed by atoms with Gasteiger partial charge in [-0.3, -0.25) is 0 Å². The van der Waals surface area contributed by atoms with Crippen molar-refractivity contribution in [3.05, 3.63) is 93.0 Å². The predicted molar refractivity (Wildman–Crippen MR) is 120 cm³/mol. The van der Waals surface area contributed by atoms with Crippen LogP contribution in [0.3, 0.4) is 0 Å². The van der Waals surface area contributed by atoms with E-state index in [-0.39, 0.29) is 0 Å². The summed E-state index contributed by atoms with van der Waals surface area (Å²) in [6.07, 6.45) is 0.838. The highest BCUT2D eigenvalue weighted by molar-refractivity contribution is 6.35. The lowest BCUT2D eigenvalue weighted by atomic mass is 10.1. The molecule has 3 rings (SSSR count). The Morgan fingerprint density at radius 3 is 2.48 bits per heavy atom. The molecular weight excluding hydrogens is 405 g/mol. The number of benzene rings is 3. The molecular formula is C24H25Cl2NO2. The summed E-state index contributed by atoms with van der Waals surface area (Å²) in [4.78, 5) is 0. The molecule has 0 fully saturated rings. The van der Waals surface area contributed by atoms with Crippen molar-refractivity contribution in [1.82, 2.24) is 5.32 Å². The average molecular weight is 430 g/mol. The van der Waals surface area contributed by atoms with E-state index in [1.165, 1.54) is 11.1 Å². The molecule has 152 valence electrons. The molecule has 0 saturated carbocycles. The van der Waals surface area contributed by atoms with Crippen molar-refractivity contribution < 1.29 is 9.47 Å². The van der Waals surface area contributed by atoms with E-state index in [0.717, 1.165) is 42.1 Å². The summed E-state index contributed by atoms with van der Waals surface area (Å²) < 4.78 is 11.5. The molecule has 0 radical (unpaired) electrons. The van der Waals surface area contributed by atoms with Crippen LogP contribution >= 0.6 is 23.2 Å². The fourth-order valence-corrected chi connectivity index (χ4v) is 3.55. The Morgan fingerprint density at radius 1 is 0.897 bits per heavy atom. The molecule has 0 aliphatic carbocycles. The molecule has 29 heavy (non-hydrogen) atoms. The summed E-state index contributed by atoms with van der Waals surface area (Å²) >= 11 is 12.2. The summed E-state index contributed by atoms with van der Waals surface area (Å²) in [5, 5.41) is 4.80. The molecule has 0 amide bonds. The second kappa shape index (κ2) is 10.5. The van der Waals surface area contributed by atoms with Crippen LogP contribution in [0.1, 0.15) is 22.3 Å². The van der Waals surface area contributed by atoms with Gasteiger partial charge in [0, 0.05) is 16.6 Å². The van der Waals surface area contributed by atoms with E-state index in [1.807, 2.05) is 36.4 Å². The van der Waals surface area contributed by atoms with E-state index in [0.29, 0.717) is 16.7 Å². The Morgan fingerprint density at radius 2 is 1.72 bits per heavy atom. The molecule has 0 aromatic heterocycles. The van der Waals surface area contributed by atoms with Crippen LogP contribution in [0.5, 0.6) is 11.5 Å². The van der Waals surface area contributed by atoms with E-state index in [1.54, 1.807) is 13.2 Å². The van der Waals surface area contributed by atoms with Gasteiger partial charge in [0.1, 0.15) is 6.61 Å². The summed E-state index contributed by atoms with van der Waals surface area (Å²) in [6, 6.07) is 19.8. The normalized spacial score (nSPS) is 10.8. The van der Waals surface area contributed by atoms with Gasteiger partial charge in [-0.05, 0) is 66.4 Å². The Bertz CT molecular complexity index is 959. The standard InChI is InChI=1S/C24H25Cl2NO2/c1-17-5-3-4-6-20(17)16-29-23-10-7-18(13-24(23)28-2)15-27-12-11-19-8-9-21(25)14-22(19)26/h3-10,13-14,27H,11-12,15-16H2,1-2H3. The number of aryl methyl sites for hydroxylation is 1. The predicted octanol–water partition coefficient (Wildman–Crippen LogP) is 6.22. The van der Waals surface area contributed by atoms with Crippen molar-refractivity contribution in [3.63, 3.8) is 0 Å². The Labute approximate surface area is 182 Å². The summed E-state index contributed by atoms with van der Waals surface area (Å²) in [7, 11) is 1.66. The minimum Gasteiger partial charge on any atom is -0.493 e. The zero-order chi connectivity index (χ0) is 20.6. The highest BCUT2D eigenvalue weighted by Crippen LogP contribution is 2.29. The highest BCUT2D eigenvalue weighted by Gasteiger charge is 2.08. The maximum Gasteiger partial charge on any atom is 0.161 e. The Balaban J connectivity index is 1.53. The van der Waals surface area contributed by atoms with E-state index in [2.05, 4.69) is 30.4 Å². The van der Waals surface area contributed by atoms with Crippen molar-refractivity contribution in [2.45, 2.75) is 26.5 Å². The third kappa shape index (κ3) is 6.14. The third-order valence-corrected chi connectivity index (χ3v) is 5.37. The molecule has 3 nitrogen and oxygen atoms in total. The lowest BCUT2D eigenvalue weighted by Crippen LogP contribution is -2.16. The van der Waals surface area contributed by atoms with Gasteiger partial charge in [-0.1, -0.05) is 59.6 Å². The van der Waals surface area contributed by atoms with Crippen LogP contribution in [0.15, 0.2) is 60.7 Å². The number of nitrogens with one attached hydrogen (secondary N) is 1. The van der Waals surface area contributed by atoms with Gasteiger partial charge in [0.2, 0.25) is 0 Å². The molecule has 0 unspecified atom stereocenters. The second-order valence-electron chi connectivity index (χ2n) is 6.86. The van der Waals surface area contributed by atoms with Gasteiger partial charge >= 0.3 is 0 Å². The van der Waals surface area contributed by atoms with Gasteiger partial charge < -0.3 is 14.8 Å². The van der Waals surface area contributed by atoms with Gasteiger partial charge in [0.05, 0.1) is 7.11 Å². The minimum absolute atomic E-state index is 0.516. The molecule has 0 spiro atoms. The Kier molecular flexibility index (Phi) is 7.82. The number of hydrogen-bond acceptors (Lipinski definition) is 3. The molecule has 5 heteroatoms. The maximum absolute atomic E-state index is 6.22. The van der Waals surface area contributed by atoms with Crippen LogP contribution in [-0.4, -0.2) is 13.7 Å². The summed E-state index contributed by atoms with van der Waals surface area (Å²) in [6.45, 7) is 4.15. The van der Waals surface area contributed by atoms with Crippen molar-refractivity contribution in [3.8, 4) is 11.5 Å². The molecule has 3 aromatic rings. The second-order valence-corrected chi connectivity index (χ2v) is 7.71. The fraction of sp³-hybridized carbons (Fsp3) is 0.250. The molecule has 1 N–H and O–H groups in total. The molecule has 0 aliphatic rings. The van der Waals surface area contributed by atoms with Crippen LogP contribution in [0.4, 0.5) is 0 Å². The lowest BCUT2D eigenvalue weighted by molar-refractivity contribution is 0.283. The molecule has 0 heterocycles. The first-order chi connectivity index (χ1) is 14.1. The smallest absolute Gasteiger partial charge is 0.161 e. The topological polar surface area (TPSA) is 30.5 Å². The fourth-order valence-electron chi connectivity index (χ4n) is 3.05. The average Bonchev–Trinajstić information content (AvgIpc) is 2.72. The van der Waals surface area contributed by atoms with E-state index >= 15 is 0 Å². The van der Waals surface area contributed by atoms with Crippen molar-refractivity contribution in [2.24, 2.45) is 0 Å². The molecule has 0 atom stereocenters. The van der Waals surface area contributed by atoms with Crippen molar-refractivity contribution >= 4 is 23.2 Å². The van der Waals surface area contributed by atoms with Crippen LogP contribution in [0.25, 0.3) is 0 Å². The zero-order valence-corrected chi connectivity index (χ0v) is 18.2. The van der Waals surface area contributed by atoms with Gasteiger partial charge in [0.15, 0.2) is 11.5 Å². The first-order valence-corrected chi connectivity index (χ1v) is 10.3. The molecule has 0 aliphatic heterocycles. The zero-order valence-electron chi connectivity index (χ0n) is 16.7. The largest absolute Gasteiger partial charge is 0.493 e. The van der Waals surface area contributed by atoms with Crippen LogP contribution in [0.2, 0.25) is 10.0 Å². The van der Waals surface area contributed by atoms with Gasteiger partial charge in [0.25, 0.3) is 0 Å². The van der Waals surface area contributed by atoms with Crippen LogP contribution < -0.4 is 14.8 Å². The van der Waals surface area contributed by atoms with Gasteiger partial charge in [-0.25, -0.2) is 0 Å². The minimum atomic E-state index is 0.516. The van der Waals surface area contributed by atoms with Crippen molar-refractivity contribution in [2.75, 3.05) is 13.7 Å². The molecule has 0 bridgehead atoms.